The van der Waals surface area contributed by atoms with Gasteiger partial charge in [0.05, 0.1) is 23.3 Å². The molecule has 0 bridgehead atoms. The van der Waals surface area contributed by atoms with E-state index in [1.807, 2.05) is 13.8 Å². The molecule has 1 saturated carbocycles. The lowest BCUT2D eigenvalue weighted by Crippen LogP contribution is -2.59. The van der Waals surface area contributed by atoms with Gasteiger partial charge < -0.3 is 4.57 Å². The molecule has 1 aliphatic heterocycles. The van der Waals surface area contributed by atoms with Crippen molar-refractivity contribution in [2.45, 2.75) is 32.7 Å². The number of rotatable bonds is 5. The van der Waals surface area contributed by atoms with E-state index < -0.39 is 21.5 Å². The molecule has 1 aromatic heterocycles. The fourth-order valence-corrected chi connectivity index (χ4v) is 6.25. The van der Waals surface area contributed by atoms with Gasteiger partial charge in [-0.05, 0) is 37.1 Å². The lowest BCUT2D eigenvalue weighted by Gasteiger charge is -2.52. The molecule has 1 aromatic carbocycles. The number of aromatic nitrogens is 2. The van der Waals surface area contributed by atoms with Crippen LogP contribution in [-0.2, 0) is 10.0 Å². The summed E-state index contributed by atoms with van der Waals surface area (Å²) in [6.45, 7) is 4.40. The van der Waals surface area contributed by atoms with Crippen LogP contribution in [0.4, 0.5) is 4.39 Å². The Morgan fingerprint density at radius 2 is 1.96 bits per heavy atom. The molecule has 1 aliphatic carbocycles. The molecule has 4 rings (SSSR count). The van der Waals surface area contributed by atoms with E-state index in [1.165, 1.54) is 16.4 Å². The Kier molecular flexibility index (Phi) is 3.95. The van der Waals surface area contributed by atoms with Crippen molar-refractivity contribution in [3.63, 3.8) is 0 Å². The number of hydrogen-bond acceptors (Lipinski definition) is 4. The summed E-state index contributed by atoms with van der Waals surface area (Å²) in [7, 11) is -3.59. The molecule has 0 radical (unpaired) electrons. The Labute approximate surface area is 158 Å². The molecule has 142 valence electrons. The van der Waals surface area contributed by atoms with Gasteiger partial charge in [0.1, 0.15) is 11.6 Å². The standard InChI is InChI=1S/C19H21FN4O2S/c1-18(2)12-24(27(25,26)13-19(11-21)7-8-19)16(18)17-22-9-10-23(17)15-5-3-14(20)4-6-15/h3-6,9-10,16H,7-8,12-13H2,1-2H3. The highest BCUT2D eigenvalue weighted by atomic mass is 32.2. The van der Waals surface area contributed by atoms with Crippen LogP contribution in [-0.4, -0.2) is 34.6 Å². The Morgan fingerprint density at radius 1 is 1.30 bits per heavy atom. The van der Waals surface area contributed by atoms with Crippen LogP contribution in [0.5, 0.6) is 0 Å². The molecule has 2 aliphatic rings. The van der Waals surface area contributed by atoms with Gasteiger partial charge in [0.25, 0.3) is 0 Å². The Balaban J connectivity index is 1.69. The van der Waals surface area contributed by atoms with Gasteiger partial charge in [0.2, 0.25) is 10.0 Å². The number of imidazole rings is 1. The number of hydrogen-bond donors (Lipinski definition) is 0. The van der Waals surface area contributed by atoms with Crippen molar-refractivity contribution in [2.75, 3.05) is 12.3 Å². The smallest absolute Gasteiger partial charge is 0.216 e. The van der Waals surface area contributed by atoms with Crippen molar-refractivity contribution in [3.05, 3.63) is 48.3 Å². The Morgan fingerprint density at radius 3 is 2.52 bits per heavy atom. The summed E-state index contributed by atoms with van der Waals surface area (Å²) >= 11 is 0. The van der Waals surface area contributed by atoms with E-state index in [9.17, 15) is 18.1 Å². The fourth-order valence-electron chi connectivity index (χ4n) is 3.80. The molecular formula is C19H21FN4O2S. The number of sulfonamides is 1. The number of nitrogens with zero attached hydrogens (tertiary/aromatic N) is 4. The summed E-state index contributed by atoms with van der Waals surface area (Å²) in [5.74, 6) is 0.128. The first-order chi connectivity index (χ1) is 12.7. The second kappa shape index (κ2) is 5.88. The third kappa shape index (κ3) is 3.05. The minimum atomic E-state index is -3.59. The van der Waals surface area contributed by atoms with Crippen LogP contribution >= 0.6 is 0 Å². The zero-order valence-electron chi connectivity index (χ0n) is 15.3. The van der Waals surface area contributed by atoms with Gasteiger partial charge in [-0.2, -0.15) is 9.57 Å². The molecule has 6 nitrogen and oxygen atoms in total. The summed E-state index contributed by atoms with van der Waals surface area (Å²) in [4.78, 5) is 4.43. The minimum absolute atomic E-state index is 0.139. The SMILES string of the molecule is CC1(C)CN(S(=O)(=O)CC2(C#N)CC2)C1c1nccn1-c1ccc(F)cc1. The predicted molar refractivity (Wildman–Crippen MR) is 97.8 cm³/mol. The molecule has 2 fully saturated rings. The lowest BCUT2D eigenvalue weighted by atomic mass is 9.76. The van der Waals surface area contributed by atoms with Crippen molar-refractivity contribution >= 4 is 10.0 Å². The van der Waals surface area contributed by atoms with Crippen LogP contribution < -0.4 is 0 Å². The summed E-state index contributed by atoms with van der Waals surface area (Å²) < 4.78 is 42.5. The van der Waals surface area contributed by atoms with Crippen LogP contribution in [0.15, 0.2) is 36.7 Å². The molecule has 2 heterocycles. The third-order valence-electron chi connectivity index (χ3n) is 5.52. The topological polar surface area (TPSA) is 79.0 Å². The van der Waals surface area contributed by atoms with Gasteiger partial charge in [-0.3, -0.25) is 0 Å². The minimum Gasteiger partial charge on any atom is -0.302 e. The van der Waals surface area contributed by atoms with Gasteiger partial charge >= 0.3 is 0 Å². The quantitative estimate of drug-likeness (QED) is 0.789. The third-order valence-corrected chi connectivity index (χ3v) is 7.49. The molecule has 27 heavy (non-hydrogen) atoms. The summed E-state index contributed by atoms with van der Waals surface area (Å²) in [5.41, 5.74) is -0.297. The number of nitriles is 1. The van der Waals surface area contributed by atoms with Gasteiger partial charge in [0.15, 0.2) is 0 Å². The summed E-state index contributed by atoms with van der Waals surface area (Å²) in [6, 6.07) is 7.74. The maximum Gasteiger partial charge on any atom is 0.216 e. The summed E-state index contributed by atoms with van der Waals surface area (Å²) in [5, 5.41) is 9.28. The zero-order chi connectivity index (χ0) is 19.4. The molecule has 0 N–H and O–H groups in total. The van der Waals surface area contributed by atoms with E-state index >= 15 is 0 Å². The van der Waals surface area contributed by atoms with Gasteiger partial charge in [-0.1, -0.05) is 13.8 Å². The number of halogens is 1. The zero-order valence-corrected chi connectivity index (χ0v) is 16.1. The van der Waals surface area contributed by atoms with E-state index in [-0.39, 0.29) is 17.0 Å². The molecule has 1 atom stereocenters. The summed E-state index contributed by atoms with van der Waals surface area (Å²) in [6.07, 6.45) is 4.64. The largest absolute Gasteiger partial charge is 0.302 e. The van der Waals surface area contributed by atoms with Crippen molar-refractivity contribution in [1.29, 1.82) is 5.26 Å². The van der Waals surface area contributed by atoms with Gasteiger partial charge in [-0.25, -0.2) is 17.8 Å². The molecule has 0 amide bonds. The normalized spacial score (nSPS) is 23.4. The maximum atomic E-state index is 13.3. The van der Waals surface area contributed by atoms with Crippen LogP contribution in [0.3, 0.4) is 0 Å². The number of benzene rings is 1. The van der Waals surface area contributed by atoms with E-state index in [2.05, 4.69) is 11.1 Å². The predicted octanol–water partition coefficient (Wildman–Crippen LogP) is 3.03. The molecule has 0 spiro atoms. The average molecular weight is 388 g/mol. The first kappa shape index (κ1) is 18.1. The van der Waals surface area contributed by atoms with Crippen molar-refractivity contribution in [1.82, 2.24) is 13.9 Å². The maximum absolute atomic E-state index is 13.3. The molecule has 2 aromatic rings. The van der Waals surface area contributed by atoms with Crippen LogP contribution in [0.2, 0.25) is 0 Å². The van der Waals surface area contributed by atoms with Crippen molar-refractivity contribution in [3.8, 4) is 11.8 Å². The fraction of sp³-hybridized carbons (Fsp3) is 0.474. The Bertz CT molecular complexity index is 1020. The van der Waals surface area contributed by atoms with E-state index in [0.29, 0.717) is 25.2 Å². The first-order valence-electron chi connectivity index (χ1n) is 8.88. The van der Waals surface area contributed by atoms with Crippen LogP contribution in [0.25, 0.3) is 5.69 Å². The molecular weight excluding hydrogens is 367 g/mol. The highest BCUT2D eigenvalue weighted by molar-refractivity contribution is 7.89. The highest BCUT2D eigenvalue weighted by Gasteiger charge is 2.57. The van der Waals surface area contributed by atoms with Crippen molar-refractivity contribution < 1.29 is 12.8 Å². The monoisotopic (exact) mass is 388 g/mol. The van der Waals surface area contributed by atoms with Crippen LogP contribution in [0.1, 0.15) is 38.6 Å². The molecule has 8 heteroatoms. The second-order valence-electron chi connectivity index (χ2n) is 8.22. The Hall–Kier alpha value is -2.24. The van der Waals surface area contributed by atoms with E-state index in [0.717, 1.165) is 5.69 Å². The lowest BCUT2D eigenvalue weighted by molar-refractivity contribution is 0.0126. The molecule has 1 unspecified atom stereocenters. The molecule has 1 saturated heterocycles. The van der Waals surface area contributed by atoms with E-state index in [1.54, 1.807) is 29.1 Å². The van der Waals surface area contributed by atoms with Gasteiger partial charge in [-0.15, -0.1) is 0 Å². The highest BCUT2D eigenvalue weighted by Crippen LogP contribution is 2.53. The van der Waals surface area contributed by atoms with E-state index in [4.69, 9.17) is 0 Å². The van der Waals surface area contributed by atoms with Crippen LogP contribution in [0, 0.1) is 28.0 Å². The van der Waals surface area contributed by atoms with Crippen molar-refractivity contribution in [2.24, 2.45) is 10.8 Å². The average Bonchev–Trinajstić information content (AvgIpc) is 3.21. The second-order valence-corrected chi connectivity index (χ2v) is 10.1. The first-order valence-corrected chi connectivity index (χ1v) is 10.5. The van der Waals surface area contributed by atoms with Gasteiger partial charge in [0, 0.05) is 30.0 Å².